The van der Waals surface area contributed by atoms with Crippen molar-refractivity contribution < 1.29 is 18.3 Å². The van der Waals surface area contributed by atoms with Gasteiger partial charge in [-0.05, 0) is 61.6 Å². The summed E-state index contributed by atoms with van der Waals surface area (Å²) in [6.45, 7) is 1.99. The monoisotopic (exact) mass is 506 g/mol. The number of hydrogen-bond acceptors (Lipinski definition) is 6. The summed E-state index contributed by atoms with van der Waals surface area (Å²) in [5.74, 6) is -1.92. The molecule has 0 spiro atoms. The van der Waals surface area contributed by atoms with E-state index in [1.165, 1.54) is 25.4 Å². The number of imidazole rings is 1. The van der Waals surface area contributed by atoms with Gasteiger partial charge < -0.3 is 21.1 Å². The lowest BCUT2D eigenvalue weighted by Crippen LogP contribution is -2.34. The largest absolute Gasteiger partial charge is 0.494 e. The van der Waals surface area contributed by atoms with Gasteiger partial charge in [0.25, 0.3) is 5.91 Å². The molecule has 37 heavy (non-hydrogen) atoms. The minimum Gasteiger partial charge on any atom is -0.494 e. The Morgan fingerprint density at radius 3 is 2.76 bits per heavy atom. The quantitative estimate of drug-likeness (QED) is 0.338. The van der Waals surface area contributed by atoms with Gasteiger partial charge in [0, 0.05) is 41.3 Å². The van der Waals surface area contributed by atoms with Crippen molar-refractivity contribution in [1.82, 2.24) is 19.7 Å². The van der Waals surface area contributed by atoms with Crippen LogP contribution in [-0.2, 0) is 6.42 Å². The Morgan fingerprint density at radius 1 is 1.19 bits per heavy atom. The predicted octanol–water partition coefficient (Wildman–Crippen LogP) is 4.60. The summed E-state index contributed by atoms with van der Waals surface area (Å²) in [6.07, 6.45) is 7.91. The molecule has 1 aliphatic carbocycles. The Balaban J connectivity index is 1.42. The number of carbonyl (C=O) groups excluding carboxylic acids is 1. The highest BCUT2D eigenvalue weighted by Gasteiger charge is 2.24. The summed E-state index contributed by atoms with van der Waals surface area (Å²) in [7, 11) is 1.28. The number of aromatic nitrogens is 3. The number of hydrogen-bond donors (Lipinski definition) is 3. The van der Waals surface area contributed by atoms with Gasteiger partial charge in [-0.1, -0.05) is 6.92 Å². The van der Waals surface area contributed by atoms with Crippen molar-refractivity contribution in [3.63, 3.8) is 0 Å². The molecule has 4 aromatic rings. The maximum Gasteiger partial charge on any atom is 0.251 e. The number of methoxy groups -OCH3 is 1. The molecule has 4 N–H and O–H groups in total. The van der Waals surface area contributed by atoms with Gasteiger partial charge in [-0.15, -0.1) is 0 Å². The molecule has 0 saturated heterocycles. The second kappa shape index (κ2) is 10.1. The first-order valence-electron chi connectivity index (χ1n) is 12.2. The first kappa shape index (κ1) is 24.6. The zero-order chi connectivity index (χ0) is 26.1. The van der Waals surface area contributed by atoms with E-state index in [2.05, 4.69) is 20.6 Å². The van der Waals surface area contributed by atoms with Crippen LogP contribution in [-0.4, -0.2) is 39.5 Å². The highest BCUT2D eigenvalue weighted by atomic mass is 19.2. The van der Waals surface area contributed by atoms with E-state index < -0.39 is 11.6 Å². The van der Waals surface area contributed by atoms with Gasteiger partial charge in [0.1, 0.15) is 0 Å². The fraction of sp³-hybridized carbons (Fsp3) is 0.296. The molecule has 2 aromatic carbocycles. The van der Waals surface area contributed by atoms with Crippen LogP contribution in [0.25, 0.3) is 16.9 Å². The number of halogens is 2. The van der Waals surface area contributed by atoms with Crippen LogP contribution in [0.15, 0.2) is 48.9 Å². The third kappa shape index (κ3) is 4.72. The van der Waals surface area contributed by atoms with Crippen LogP contribution < -0.4 is 21.1 Å². The van der Waals surface area contributed by atoms with Crippen molar-refractivity contribution in [2.24, 2.45) is 5.73 Å². The summed E-state index contributed by atoms with van der Waals surface area (Å²) in [5, 5.41) is 6.34. The minimum absolute atomic E-state index is 0.0507. The molecule has 192 valence electrons. The van der Waals surface area contributed by atoms with Crippen LogP contribution >= 0.6 is 0 Å². The molecular formula is C27H28F2N6O2. The number of carbonyl (C=O) groups is 1. The van der Waals surface area contributed by atoms with E-state index in [0.717, 1.165) is 30.5 Å². The van der Waals surface area contributed by atoms with Crippen LogP contribution in [0.3, 0.4) is 0 Å². The molecule has 2 heterocycles. The summed E-state index contributed by atoms with van der Waals surface area (Å²) < 4.78 is 35.6. The zero-order valence-corrected chi connectivity index (χ0v) is 20.6. The number of nitrogens with one attached hydrogen (secondary N) is 2. The second-order valence-electron chi connectivity index (χ2n) is 9.15. The lowest BCUT2D eigenvalue weighted by Gasteiger charge is -2.16. The zero-order valence-electron chi connectivity index (χ0n) is 20.6. The molecule has 8 nitrogen and oxygen atoms in total. The van der Waals surface area contributed by atoms with E-state index in [1.807, 2.05) is 19.1 Å². The molecule has 0 bridgehead atoms. The number of ether oxygens (including phenoxy) is 1. The average Bonchev–Trinajstić information content (AvgIpc) is 3.52. The molecule has 2 atom stereocenters. The molecule has 10 heteroatoms. The molecule has 1 fully saturated rings. The summed E-state index contributed by atoms with van der Waals surface area (Å²) >= 11 is 0. The summed E-state index contributed by atoms with van der Waals surface area (Å²) in [5.41, 5.74) is 9.07. The van der Waals surface area contributed by atoms with Crippen LogP contribution in [0, 0.1) is 11.6 Å². The lowest BCUT2D eigenvalue weighted by atomic mass is 10.0. The smallest absolute Gasteiger partial charge is 0.251 e. The number of amides is 1. The standard InChI is InChI=1S/C27H28F2N6O2/c1-3-15-12-17(6-7-19(15)27(36)34-18-5-4-16(30)13-18)33-25-26-32-14-21(35(26)11-10-31-25)20-8-9-22(37-2)24(29)23(20)28/h6-12,14,16,18H,3-5,13,30H2,1-2H3,(H,31,33)(H,34,36)/t16-,18-/m1/s1. The van der Waals surface area contributed by atoms with Crippen molar-refractivity contribution in [3.05, 3.63) is 71.7 Å². The van der Waals surface area contributed by atoms with Crippen LogP contribution in [0.2, 0.25) is 0 Å². The topological polar surface area (TPSA) is 107 Å². The number of rotatable bonds is 7. The number of nitrogens with two attached hydrogens (primary N) is 1. The fourth-order valence-corrected chi connectivity index (χ4v) is 4.83. The van der Waals surface area contributed by atoms with Gasteiger partial charge in [-0.25, -0.2) is 14.4 Å². The normalized spacial score (nSPS) is 17.2. The maximum absolute atomic E-state index is 14.8. The molecular weight excluding hydrogens is 478 g/mol. The summed E-state index contributed by atoms with van der Waals surface area (Å²) in [6, 6.07) is 8.57. The lowest BCUT2D eigenvalue weighted by molar-refractivity contribution is 0.0937. The molecule has 1 aliphatic rings. The fourth-order valence-electron chi connectivity index (χ4n) is 4.83. The van der Waals surface area contributed by atoms with Crippen LogP contribution in [0.5, 0.6) is 5.75 Å². The average molecular weight is 507 g/mol. The van der Waals surface area contributed by atoms with Crippen molar-refractivity contribution >= 4 is 23.1 Å². The molecule has 1 amide bonds. The predicted molar refractivity (Wildman–Crippen MR) is 137 cm³/mol. The number of nitrogens with zero attached hydrogens (tertiary/aromatic N) is 3. The molecule has 5 rings (SSSR count). The van der Waals surface area contributed by atoms with Gasteiger partial charge >= 0.3 is 0 Å². The van der Waals surface area contributed by atoms with E-state index in [-0.39, 0.29) is 29.3 Å². The van der Waals surface area contributed by atoms with Gasteiger partial charge in [0.15, 0.2) is 23.0 Å². The Morgan fingerprint density at radius 2 is 2.03 bits per heavy atom. The molecule has 0 radical (unpaired) electrons. The number of aryl methyl sites for hydroxylation is 1. The van der Waals surface area contributed by atoms with E-state index >= 15 is 0 Å². The van der Waals surface area contributed by atoms with Crippen LogP contribution in [0.4, 0.5) is 20.3 Å². The Labute approximate surface area is 212 Å². The van der Waals surface area contributed by atoms with E-state index in [0.29, 0.717) is 29.1 Å². The number of anilines is 2. The molecule has 0 aliphatic heterocycles. The number of benzene rings is 2. The Hall–Kier alpha value is -4.05. The Bertz CT molecular complexity index is 1470. The van der Waals surface area contributed by atoms with Crippen molar-refractivity contribution in [2.75, 3.05) is 12.4 Å². The summed E-state index contributed by atoms with van der Waals surface area (Å²) in [4.78, 5) is 21.7. The highest BCUT2D eigenvalue weighted by molar-refractivity contribution is 5.96. The molecule has 2 aromatic heterocycles. The molecule has 1 saturated carbocycles. The maximum atomic E-state index is 14.8. The van der Waals surface area contributed by atoms with Crippen LogP contribution in [0.1, 0.15) is 42.1 Å². The van der Waals surface area contributed by atoms with Crippen molar-refractivity contribution in [3.8, 4) is 17.0 Å². The van der Waals surface area contributed by atoms with Gasteiger partial charge in [-0.3, -0.25) is 9.20 Å². The van der Waals surface area contributed by atoms with Gasteiger partial charge in [0.2, 0.25) is 5.82 Å². The number of fused-ring (bicyclic) bond motifs is 1. The van der Waals surface area contributed by atoms with E-state index in [1.54, 1.807) is 22.9 Å². The Kier molecular flexibility index (Phi) is 6.75. The van der Waals surface area contributed by atoms with Crippen molar-refractivity contribution in [1.29, 1.82) is 0 Å². The first-order valence-corrected chi connectivity index (χ1v) is 12.2. The third-order valence-electron chi connectivity index (χ3n) is 6.77. The molecule has 0 unspecified atom stereocenters. The highest BCUT2D eigenvalue weighted by Crippen LogP contribution is 2.31. The second-order valence-corrected chi connectivity index (χ2v) is 9.15. The van der Waals surface area contributed by atoms with E-state index in [9.17, 15) is 13.6 Å². The van der Waals surface area contributed by atoms with Gasteiger partial charge in [0.05, 0.1) is 19.0 Å². The van der Waals surface area contributed by atoms with E-state index in [4.69, 9.17) is 10.5 Å². The van der Waals surface area contributed by atoms with Crippen molar-refractivity contribution in [2.45, 2.75) is 44.7 Å². The first-order chi connectivity index (χ1) is 17.9. The van der Waals surface area contributed by atoms with Gasteiger partial charge in [-0.2, -0.15) is 4.39 Å². The minimum atomic E-state index is -1.06. The SMILES string of the molecule is CCc1cc(Nc2nccn3c(-c4ccc(OC)c(F)c4F)cnc23)ccc1C(=O)N[C@@H]1CC[C@@H](N)C1. The third-order valence-corrected chi connectivity index (χ3v) is 6.77.